The molecule has 2 heterocycles. The molecule has 0 radical (unpaired) electrons. The fraction of sp³-hybridized carbons (Fsp3) is 0.391. The van der Waals surface area contributed by atoms with Crippen molar-refractivity contribution < 1.29 is 14.3 Å². The smallest absolute Gasteiger partial charge is 0.250 e. The first-order valence-electron chi connectivity index (χ1n) is 10.2. The summed E-state index contributed by atoms with van der Waals surface area (Å²) in [5.41, 5.74) is 2.93. The van der Waals surface area contributed by atoms with Crippen LogP contribution in [-0.4, -0.2) is 68.1 Å². The molecule has 0 saturated carbocycles. The normalized spacial score (nSPS) is 19.1. The first-order valence-corrected chi connectivity index (χ1v) is 10.6. The van der Waals surface area contributed by atoms with Crippen LogP contribution in [0.4, 0.5) is 5.69 Å². The van der Waals surface area contributed by atoms with Crippen molar-refractivity contribution in [2.45, 2.75) is 12.5 Å². The third kappa shape index (κ3) is 4.16. The van der Waals surface area contributed by atoms with E-state index < -0.39 is 6.04 Å². The molecule has 2 aromatic rings. The highest BCUT2D eigenvalue weighted by Gasteiger charge is 2.39. The van der Waals surface area contributed by atoms with E-state index in [-0.39, 0.29) is 11.8 Å². The zero-order chi connectivity index (χ0) is 21.1. The Bertz CT molecular complexity index is 927. The molecule has 2 aliphatic rings. The van der Waals surface area contributed by atoms with Crippen LogP contribution in [-0.2, 0) is 20.7 Å². The Morgan fingerprint density at radius 3 is 2.60 bits per heavy atom. The summed E-state index contributed by atoms with van der Waals surface area (Å²) >= 11 is 6.13. The SMILES string of the molecule is COCCN1C(=O)Cc2ccccc2[C@@H]1C(=O)N1CCN(c2cccc(Cl)c2)CC1. The molecule has 30 heavy (non-hydrogen) atoms. The van der Waals surface area contributed by atoms with Gasteiger partial charge in [-0.15, -0.1) is 0 Å². The minimum atomic E-state index is -0.588. The number of nitrogens with zero attached hydrogens (tertiary/aromatic N) is 3. The van der Waals surface area contributed by atoms with Crippen LogP contribution in [0.2, 0.25) is 5.02 Å². The number of benzene rings is 2. The zero-order valence-electron chi connectivity index (χ0n) is 17.1. The second kappa shape index (κ2) is 9.06. The van der Waals surface area contributed by atoms with E-state index in [1.54, 1.807) is 12.0 Å². The van der Waals surface area contributed by atoms with E-state index >= 15 is 0 Å². The Morgan fingerprint density at radius 2 is 1.87 bits per heavy atom. The summed E-state index contributed by atoms with van der Waals surface area (Å²) in [5, 5.41) is 0.706. The van der Waals surface area contributed by atoms with Crippen LogP contribution in [0.25, 0.3) is 0 Å². The number of carbonyl (C=O) groups excluding carboxylic acids is 2. The van der Waals surface area contributed by atoms with Crippen molar-refractivity contribution in [1.29, 1.82) is 0 Å². The van der Waals surface area contributed by atoms with Crippen molar-refractivity contribution in [3.8, 4) is 0 Å². The number of hydrogen-bond donors (Lipinski definition) is 0. The van der Waals surface area contributed by atoms with Crippen LogP contribution >= 0.6 is 11.6 Å². The van der Waals surface area contributed by atoms with Crippen LogP contribution in [0.1, 0.15) is 17.2 Å². The summed E-state index contributed by atoms with van der Waals surface area (Å²) < 4.78 is 5.19. The van der Waals surface area contributed by atoms with Gasteiger partial charge in [-0.3, -0.25) is 9.59 Å². The van der Waals surface area contributed by atoms with E-state index in [1.807, 2.05) is 53.4 Å². The van der Waals surface area contributed by atoms with Crippen LogP contribution in [0, 0.1) is 0 Å². The molecule has 158 valence electrons. The number of rotatable bonds is 5. The minimum Gasteiger partial charge on any atom is -0.383 e. The average Bonchev–Trinajstić information content (AvgIpc) is 2.77. The molecule has 0 spiro atoms. The Hall–Kier alpha value is -2.57. The van der Waals surface area contributed by atoms with E-state index in [2.05, 4.69) is 4.90 Å². The lowest BCUT2D eigenvalue weighted by molar-refractivity contribution is -0.147. The van der Waals surface area contributed by atoms with Gasteiger partial charge in [-0.05, 0) is 29.3 Å². The van der Waals surface area contributed by atoms with Gasteiger partial charge in [0, 0.05) is 50.5 Å². The highest BCUT2D eigenvalue weighted by Crippen LogP contribution is 2.32. The van der Waals surface area contributed by atoms with Gasteiger partial charge in [0.1, 0.15) is 6.04 Å². The van der Waals surface area contributed by atoms with Gasteiger partial charge in [0.25, 0.3) is 0 Å². The van der Waals surface area contributed by atoms with Gasteiger partial charge < -0.3 is 19.4 Å². The monoisotopic (exact) mass is 427 g/mol. The summed E-state index contributed by atoms with van der Waals surface area (Å²) in [4.78, 5) is 32.2. The number of hydrogen-bond acceptors (Lipinski definition) is 4. The van der Waals surface area contributed by atoms with E-state index in [9.17, 15) is 9.59 Å². The van der Waals surface area contributed by atoms with Gasteiger partial charge in [-0.25, -0.2) is 0 Å². The number of anilines is 1. The lowest BCUT2D eigenvalue weighted by Crippen LogP contribution is -2.54. The summed E-state index contributed by atoms with van der Waals surface area (Å²) in [6.07, 6.45) is 0.326. The van der Waals surface area contributed by atoms with Crippen molar-refractivity contribution in [3.63, 3.8) is 0 Å². The van der Waals surface area contributed by atoms with Gasteiger partial charge >= 0.3 is 0 Å². The van der Waals surface area contributed by atoms with Crippen LogP contribution in [0.3, 0.4) is 0 Å². The van der Waals surface area contributed by atoms with E-state index in [0.29, 0.717) is 37.7 Å². The second-order valence-corrected chi connectivity index (χ2v) is 8.09. The highest BCUT2D eigenvalue weighted by molar-refractivity contribution is 6.30. The molecule has 1 saturated heterocycles. The number of methoxy groups -OCH3 is 1. The van der Waals surface area contributed by atoms with Crippen LogP contribution in [0.15, 0.2) is 48.5 Å². The molecule has 1 fully saturated rings. The maximum atomic E-state index is 13.6. The third-order valence-electron chi connectivity index (χ3n) is 5.86. The van der Waals surface area contributed by atoms with Crippen molar-refractivity contribution in [2.75, 3.05) is 51.3 Å². The largest absolute Gasteiger partial charge is 0.383 e. The highest BCUT2D eigenvalue weighted by atomic mass is 35.5. The molecular weight excluding hydrogens is 402 g/mol. The molecule has 1 atom stereocenters. The standard InChI is InChI=1S/C23H26ClN3O3/c1-30-14-13-27-21(28)15-17-5-2-3-8-20(17)22(27)23(29)26-11-9-25(10-12-26)19-7-4-6-18(24)16-19/h2-8,16,22H,9-15H2,1H3/t22-/m1/s1. The molecule has 6 nitrogen and oxygen atoms in total. The maximum absolute atomic E-state index is 13.6. The Labute approximate surface area is 182 Å². The number of fused-ring (bicyclic) bond motifs is 1. The molecule has 2 aliphatic heterocycles. The van der Waals surface area contributed by atoms with Crippen molar-refractivity contribution in [3.05, 3.63) is 64.7 Å². The summed E-state index contributed by atoms with van der Waals surface area (Å²) in [7, 11) is 1.61. The van der Waals surface area contributed by atoms with Crippen molar-refractivity contribution >= 4 is 29.1 Å². The molecule has 4 rings (SSSR count). The Morgan fingerprint density at radius 1 is 1.10 bits per heavy atom. The number of amides is 2. The van der Waals surface area contributed by atoms with Gasteiger partial charge in [0.2, 0.25) is 11.8 Å². The van der Waals surface area contributed by atoms with E-state index in [1.165, 1.54) is 0 Å². The first-order chi connectivity index (χ1) is 14.6. The molecule has 2 amide bonds. The average molecular weight is 428 g/mol. The summed E-state index contributed by atoms with van der Waals surface area (Å²) in [6, 6.07) is 14.9. The second-order valence-electron chi connectivity index (χ2n) is 7.65. The molecule has 2 aromatic carbocycles. The topological polar surface area (TPSA) is 53.1 Å². The van der Waals surface area contributed by atoms with Crippen molar-refractivity contribution in [1.82, 2.24) is 9.80 Å². The summed E-state index contributed by atoms with van der Waals surface area (Å²) in [6.45, 7) is 3.48. The fourth-order valence-corrected chi connectivity index (χ4v) is 4.46. The predicted molar refractivity (Wildman–Crippen MR) is 117 cm³/mol. The first kappa shape index (κ1) is 20.7. The van der Waals surface area contributed by atoms with Gasteiger partial charge in [-0.1, -0.05) is 41.9 Å². The van der Waals surface area contributed by atoms with Crippen LogP contribution in [0.5, 0.6) is 0 Å². The lowest BCUT2D eigenvalue weighted by Gasteiger charge is -2.42. The number of ether oxygens (including phenoxy) is 1. The van der Waals surface area contributed by atoms with Gasteiger partial charge in [0.05, 0.1) is 13.0 Å². The Kier molecular flexibility index (Phi) is 6.25. The van der Waals surface area contributed by atoms with Gasteiger partial charge in [-0.2, -0.15) is 0 Å². The number of carbonyl (C=O) groups is 2. The summed E-state index contributed by atoms with van der Waals surface area (Å²) in [5.74, 6) is -0.0426. The maximum Gasteiger partial charge on any atom is 0.250 e. The molecule has 0 aromatic heterocycles. The van der Waals surface area contributed by atoms with Gasteiger partial charge in [0.15, 0.2) is 0 Å². The number of piperazine rings is 1. The number of halogens is 1. The fourth-order valence-electron chi connectivity index (χ4n) is 4.28. The van der Waals surface area contributed by atoms with E-state index in [4.69, 9.17) is 16.3 Å². The third-order valence-corrected chi connectivity index (χ3v) is 6.09. The van der Waals surface area contributed by atoms with Crippen LogP contribution < -0.4 is 4.90 Å². The van der Waals surface area contributed by atoms with E-state index in [0.717, 1.165) is 29.9 Å². The minimum absolute atomic E-state index is 0.0163. The van der Waals surface area contributed by atoms with Crippen molar-refractivity contribution in [2.24, 2.45) is 0 Å². The zero-order valence-corrected chi connectivity index (χ0v) is 17.8. The Balaban J connectivity index is 1.53. The molecular formula is C23H26ClN3O3. The quantitative estimate of drug-likeness (QED) is 0.736. The predicted octanol–water partition coefficient (Wildman–Crippen LogP) is 2.76. The molecule has 0 N–H and O–H groups in total. The molecule has 7 heteroatoms. The molecule has 0 unspecified atom stereocenters. The molecule has 0 aliphatic carbocycles. The lowest BCUT2D eigenvalue weighted by atomic mass is 9.91. The molecule has 0 bridgehead atoms.